The van der Waals surface area contributed by atoms with Crippen LogP contribution in [-0.2, 0) is 5.75 Å². The van der Waals surface area contributed by atoms with Crippen molar-refractivity contribution in [2.45, 2.75) is 12.7 Å². The molecule has 0 saturated carbocycles. The monoisotopic (exact) mass is 430 g/mol. The number of amides is 2. The number of hydrogen-bond donors (Lipinski definition) is 2. The standard InChI is InChI=1S/C20H22N4O3S2/c1-14-3-5-15(6-4-14)21-19(25)22-20-24-23-18(29-20)13-28-12-11-27-17-9-7-16(26-2)8-10-17/h3-10H,11-13H2,1-2H3,(H2,21,22,24,25). The smallest absolute Gasteiger partial charge is 0.325 e. The molecule has 152 valence electrons. The summed E-state index contributed by atoms with van der Waals surface area (Å²) in [6.45, 7) is 2.59. The van der Waals surface area contributed by atoms with Crippen LogP contribution in [-0.4, -0.2) is 35.7 Å². The lowest BCUT2D eigenvalue weighted by atomic mass is 10.2. The summed E-state index contributed by atoms with van der Waals surface area (Å²) in [6.07, 6.45) is 0. The first-order valence-corrected chi connectivity index (χ1v) is 10.9. The largest absolute Gasteiger partial charge is 0.497 e. The molecule has 2 N–H and O–H groups in total. The summed E-state index contributed by atoms with van der Waals surface area (Å²) in [4.78, 5) is 12.0. The van der Waals surface area contributed by atoms with Crippen molar-refractivity contribution in [1.29, 1.82) is 0 Å². The van der Waals surface area contributed by atoms with Gasteiger partial charge in [0.15, 0.2) is 0 Å². The molecule has 0 bridgehead atoms. The van der Waals surface area contributed by atoms with Crippen LogP contribution < -0.4 is 20.1 Å². The maximum absolute atomic E-state index is 12.0. The molecule has 0 fully saturated rings. The van der Waals surface area contributed by atoms with Crippen molar-refractivity contribution in [2.75, 3.05) is 30.1 Å². The van der Waals surface area contributed by atoms with Crippen molar-refractivity contribution in [1.82, 2.24) is 10.2 Å². The van der Waals surface area contributed by atoms with E-state index in [0.717, 1.165) is 33.5 Å². The maximum atomic E-state index is 12.0. The van der Waals surface area contributed by atoms with Gasteiger partial charge in [0, 0.05) is 17.2 Å². The molecule has 0 spiro atoms. The van der Waals surface area contributed by atoms with Crippen molar-refractivity contribution in [3.05, 3.63) is 59.1 Å². The lowest BCUT2D eigenvalue weighted by Crippen LogP contribution is -2.19. The number of rotatable bonds is 9. The summed E-state index contributed by atoms with van der Waals surface area (Å²) in [5.74, 6) is 3.15. The van der Waals surface area contributed by atoms with E-state index in [4.69, 9.17) is 9.47 Å². The van der Waals surface area contributed by atoms with Crippen LogP contribution >= 0.6 is 23.1 Å². The highest BCUT2D eigenvalue weighted by Crippen LogP contribution is 2.21. The molecule has 3 rings (SSSR count). The molecule has 3 aromatic rings. The number of ether oxygens (including phenoxy) is 2. The number of thioether (sulfide) groups is 1. The molecule has 0 saturated heterocycles. The van der Waals surface area contributed by atoms with Crippen molar-refractivity contribution in [3.63, 3.8) is 0 Å². The molecule has 29 heavy (non-hydrogen) atoms. The molecule has 0 aliphatic heterocycles. The van der Waals surface area contributed by atoms with E-state index in [1.165, 1.54) is 11.3 Å². The Labute approximate surface area is 177 Å². The van der Waals surface area contributed by atoms with Gasteiger partial charge in [-0.3, -0.25) is 5.32 Å². The molecule has 1 aromatic heterocycles. The highest BCUT2D eigenvalue weighted by Gasteiger charge is 2.08. The van der Waals surface area contributed by atoms with E-state index in [1.54, 1.807) is 18.9 Å². The Hall–Kier alpha value is -2.78. The number of nitrogens with zero attached hydrogens (tertiary/aromatic N) is 2. The van der Waals surface area contributed by atoms with Crippen LogP contribution in [0.25, 0.3) is 0 Å². The number of carbonyl (C=O) groups is 1. The number of anilines is 2. The van der Waals surface area contributed by atoms with E-state index in [-0.39, 0.29) is 6.03 Å². The summed E-state index contributed by atoms with van der Waals surface area (Å²) in [7, 11) is 1.64. The van der Waals surface area contributed by atoms with Gasteiger partial charge in [-0.1, -0.05) is 29.0 Å². The highest BCUT2D eigenvalue weighted by molar-refractivity contribution is 7.98. The van der Waals surface area contributed by atoms with Crippen molar-refractivity contribution < 1.29 is 14.3 Å². The molecular weight excluding hydrogens is 408 g/mol. The Morgan fingerprint density at radius 1 is 1.03 bits per heavy atom. The molecule has 0 atom stereocenters. The van der Waals surface area contributed by atoms with Crippen LogP contribution in [0.1, 0.15) is 10.6 Å². The number of hydrogen-bond acceptors (Lipinski definition) is 7. The topological polar surface area (TPSA) is 85.4 Å². The SMILES string of the molecule is COc1ccc(OCCSCc2nnc(NC(=O)Nc3ccc(C)cc3)s2)cc1. The van der Waals surface area contributed by atoms with E-state index in [2.05, 4.69) is 20.8 Å². The molecule has 1 heterocycles. The molecular formula is C20H22N4O3S2. The second-order valence-electron chi connectivity index (χ2n) is 6.02. The van der Waals surface area contributed by atoms with Crippen molar-refractivity contribution in [3.8, 4) is 11.5 Å². The average molecular weight is 431 g/mol. The quantitative estimate of drug-likeness (QED) is 0.474. The highest BCUT2D eigenvalue weighted by atomic mass is 32.2. The van der Waals surface area contributed by atoms with Gasteiger partial charge in [0.05, 0.1) is 13.7 Å². The number of methoxy groups -OCH3 is 1. The van der Waals surface area contributed by atoms with Gasteiger partial charge in [-0.15, -0.1) is 10.2 Å². The molecule has 0 radical (unpaired) electrons. The normalized spacial score (nSPS) is 10.4. The number of aryl methyl sites for hydroxylation is 1. The Kier molecular flexibility index (Phi) is 7.71. The summed E-state index contributed by atoms with van der Waals surface area (Å²) in [5, 5.41) is 14.9. The third kappa shape index (κ3) is 6.95. The number of urea groups is 1. The van der Waals surface area contributed by atoms with Gasteiger partial charge < -0.3 is 14.8 Å². The fraction of sp³-hybridized carbons (Fsp3) is 0.250. The zero-order valence-electron chi connectivity index (χ0n) is 16.2. The van der Waals surface area contributed by atoms with Gasteiger partial charge in [0.25, 0.3) is 0 Å². The van der Waals surface area contributed by atoms with Crippen molar-refractivity contribution in [2.24, 2.45) is 0 Å². The van der Waals surface area contributed by atoms with E-state index in [1.807, 2.05) is 55.5 Å². The molecule has 9 heteroatoms. The minimum atomic E-state index is -0.336. The zero-order valence-corrected chi connectivity index (χ0v) is 17.8. The Morgan fingerprint density at radius 2 is 1.76 bits per heavy atom. The predicted octanol–water partition coefficient (Wildman–Crippen LogP) is 4.81. The fourth-order valence-electron chi connectivity index (χ4n) is 2.31. The molecule has 0 unspecified atom stereocenters. The Bertz CT molecular complexity index is 914. The van der Waals surface area contributed by atoms with Gasteiger partial charge in [0.2, 0.25) is 5.13 Å². The Morgan fingerprint density at radius 3 is 2.48 bits per heavy atom. The fourth-order valence-corrected chi connectivity index (χ4v) is 3.90. The van der Waals surface area contributed by atoms with Gasteiger partial charge in [0.1, 0.15) is 16.5 Å². The van der Waals surface area contributed by atoms with E-state index in [0.29, 0.717) is 17.5 Å². The molecule has 0 aliphatic carbocycles. The third-order valence-corrected chi connectivity index (χ3v) is 5.73. The first-order chi connectivity index (χ1) is 14.1. The van der Waals surface area contributed by atoms with Gasteiger partial charge in [-0.2, -0.15) is 11.8 Å². The number of benzene rings is 2. The van der Waals surface area contributed by atoms with E-state index >= 15 is 0 Å². The number of aromatic nitrogens is 2. The van der Waals surface area contributed by atoms with E-state index < -0.39 is 0 Å². The summed E-state index contributed by atoms with van der Waals surface area (Å²) < 4.78 is 10.8. The van der Waals surface area contributed by atoms with Crippen LogP contribution in [0.15, 0.2) is 48.5 Å². The molecule has 2 aromatic carbocycles. The van der Waals surface area contributed by atoms with Crippen molar-refractivity contribution >= 4 is 39.9 Å². The molecule has 0 aliphatic rings. The van der Waals surface area contributed by atoms with E-state index in [9.17, 15) is 4.79 Å². The molecule has 2 amide bonds. The predicted molar refractivity (Wildman–Crippen MR) is 118 cm³/mol. The van der Waals surface area contributed by atoms with Crippen LogP contribution in [0, 0.1) is 6.92 Å². The summed E-state index contributed by atoms with van der Waals surface area (Å²) in [6, 6.07) is 14.7. The van der Waals surface area contributed by atoms with Crippen LogP contribution in [0.4, 0.5) is 15.6 Å². The van der Waals surface area contributed by atoms with Crippen LogP contribution in [0.3, 0.4) is 0 Å². The second-order valence-corrected chi connectivity index (χ2v) is 8.19. The summed E-state index contributed by atoms with van der Waals surface area (Å²) >= 11 is 3.06. The van der Waals surface area contributed by atoms with Gasteiger partial charge >= 0.3 is 6.03 Å². The molecule has 7 nitrogen and oxygen atoms in total. The average Bonchev–Trinajstić information content (AvgIpc) is 3.17. The number of nitrogens with one attached hydrogen (secondary N) is 2. The minimum Gasteiger partial charge on any atom is -0.497 e. The minimum absolute atomic E-state index is 0.336. The maximum Gasteiger partial charge on any atom is 0.325 e. The summed E-state index contributed by atoms with van der Waals surface area (Å²) in [5.41, 5.74) is 1.86. The first kappa shape index (κ1) is 20.9. The first-order valence-electron chi connectivity index (χ1n) is 8.94. The zero-order chi connectivity index (χ0) is 20.5. The van der Waals surface area contributed by atoms with Crippen LogP contribution in [0.5, 0.6) is 11.5 Å². The number of carbonyl (C=O) groups excluding carboxylic acids is 1. The Balaban J connectivity index is 1.35. The third-order valence-electron chi connectivity index (χ3n) is 3.78. The lowest BCUT2D eigenvalue weighted by molar-refractivity contribution is 0.262. The van der Waals surface area contributed by atoms with Crippen LogP contribution in [0.2, 0.25) is 0 Å². The lowest BCUT2D eigenvalue weighted by Gasteiger charge is -2.06. The van der Waals surface area contributed by atoms with Gasteiger partial charge in [-0.25, -0.2) is 4.79 Å². The van der Waals surface area contributed by atoms with Gasteiger partial charge in [-0.05, 0) is 43.3 Å². The second kappa shape index (κ2) is 10.7.